The van der Waals surface area contributed by atoms with E-state index in [-0.39, 0.29) is 0 Å². The van der Waals surface area contributed by atoms with Gasteiger partial charge in [-0.15, -0.1) is 0 Å². The maximum atomic E-state index is 5.73. The molecule has 136 valence electrons. The summed E-state index contributed by atoms with van der Waals surface area (Å²) in [4.78, 5) is 2.47. The van der Waals surface area contributed by atoms with Crippen LogP contribution in [0.4, 0.5) is 5.69 Å². The minimum absolute atomic E-state index is 0.609. The minimum Gasteiger partial charge on any atom is -0.486 e. The van der Waals surface area contributed by atoms with Gasteiger partial charge in [-0.05, 0) is 48.9 Å². The van der Waals surface area contributed by atoms with E-state index in [4.69, 9.17) is 9.47 Å². The molecule has 1 N–H and O–H groups in total. The highest BCUT2D eigenvalue weighted by atomic mass is 16.6. The highest BCUT2D eigenvalue weighted by molar-refractivity contribution is 5.57. The number of nitrogens with one attached hydrogen (secondary N) is 1. The van der Waals surface area contributed by atoms with Crippen LogP contribution >= 0.6 is 0 Å². The van der Waals surface area contributed by atoms with Gasteiger partial charge < -0.3 is 19.7 Å². The van der Waals surface area contributed by atoms with Crippen LogP contribution in [0.5, 0.6) is 11.5 Å². The molecule has 0 unspecified atom stereocenters. The van der Waals surface area contributed by atoms with E-state index < -0.39 is 0 Å². The quantitative estimate of drug-likeness (QED) is 0.922. The fourth-order valence-electron chi connectivity index (χ4n) is 4.54. The van der Waals surface area contributed by atoms with Crippen molar-refractivity contribution >= 4 is 5.69 Å². The van der Waals surface area contributed by atoms with Crippen LogP contribution in [0, 0.1) is 0 Å². The first-order chi connectivity index (χ1) is 12.8. The molecule has 26 heavy (non-hydrogen) atoms. The second-order valence-corrected chi connectivity index (χ2v) is 7.63. The second kappa shape index (κ2) is 6.84. The first-order valence-electron chi connectivity index (χ1n) is 9.82. The van der Waals surface area contributed by atoms with Gasteiger partial charge in [-0.1, -0.05) is 24.3 Å². The zero-order valence-corrected chi connectivity index (χ0v) is 15.1. The Morgan fingerprint density at radius 3 is 2.23 bits per heavy atom. The summed E-state index contributed by atoms with van der Waals surface area (Å²) in [7, 11) is 0. The van der Waals surface area contributed by atoms with Crippen molar-refractivity contribution in [2.24, 2.45) is 0 Å². The smallest absolute Gasteiger partial charge is 0.163 e. The minimum atomic E-state index is 0.609. The zero-order chi connectivity index (χ0) is 17.3. The predicted octanol–water partition coefficient (Wildman–Crippen LogP) is 3.18. The van der Waals surface area contributed by atoms with Gasteiger partial charge in [0.05, 0.1) is 0 Å². The first-order valence-corrected chi connectivity index (χ1v) is 9.82. The molecule has 4 heteroatoms. The van der Waals surface area contributed by atoms with Gasteiger partial charge in [0.25, 0.3) is 0 Å². The Morgan fingerprint density at radius 2 is 1.50 bits per heavy atom. The number of fused-ring (bicyclic) bond motifs is 2. The molecule has 0 radical (unpaired) electrons. The predicted molar refractivity (Wildman–Crippen MR) is 103 cm³/mol. The summed E-state index contributed by atoms with van der Waals surface area (Å²) >= 11 is 0. The number of benzene rings is 2. The molecule has 0 atom stereocenters. The maximum absolute atomic E-state index is 5.73. The molecule has 0 aromatic heterocycles. The monoisotopic (exact) mass is 350 g/mol. The first kappa shape index (κ1) is 16.0. The van der Waals surface area contributed by atoms with Gasteiger partial charge >= 0.3 is 0 Å². The Balaban J connectivity index is 1.17. The highest BCUT2D eigenvalue weighted by Crippen LogP contribution is 2.35. The number of nitrogens with zero attached hydrogens (tertiary/aromatic N) is 1. The van der Waals surface area contributed by atoms with E-state index in [0.29, 0.717) is 25.3 Å². The number of piperidine rings is 1. The van der Waals surface area contributed by atoms with E-state index in [0.717, 1.165) is 24.6 Å². The molecule has 2 aromatic carbocycles. The van der Waals surface area contributed by atoms with Crippen molar-refractivity contribution in [2.45, 2.75) is 37.8 Å². The largest absolute Gasteiger partial charge is 0.486 e. The van der Waals surface area contributed by atoms with Crippen LogP contribution in [0.25, 0.3) is 0 Å². The number of hydrogen-bond acceptors (Lipinski definition) is 4. The third-order valence-corrected chi connectivity index (χ3v) is 5.91. The standard InChI is InChI=1S/C22H26N2O2/c1-2-4-17-14-19(13-16(17)3-1)23-18-7-9-24(10-8-18)20-5-6-21-22(15-20)26-12-11-25-21/h1-6,15,18-19,23H,7-14H2. The molecule has 3 aliphatic rings. The summed E-state index contributed by atoms with van der Waals surface area (Å²) in [6.45, 7) is 3.48. The lowest BCUT2D eigenvalue weighted by Gasteiger charge is -2.35. The van der Waals surface area contributed by atoms with Crippen LogP contribution in [-0.2, 0) is 12.8 Å². The van der Waals surface area contributed by atoms with Crippen LogP contribution < -0.4 is 19.7 Å². The van der Waals surface area contributed by atoms with Crippen molar-refractivity contribution in [1.82, 2.24) is 5.32 Å². The zero-order valence-electron chi connectivity index (χ0n) is 15.1. The molecule has 2 aliphatic heterocycles. The van der Waals surface area contributed by atoms with Gasteiger partial charge in [-0.2, -0.15) is 0 Å². The lowest BCUT2D eigenvalue weighted by Crippen LogP contribution is -2.46. The molecule has 1 aliphatic carbocycles. The summed E-state index contributed by atoms with van der Waals surface area (Å²) in [6.07, 6.45) is 4.75. The van der Waals surface area contributed by atoms with Gasteiger partial charge in [-0.3, -0.25) is 0 Å². The molecular weight excluding hydrogens is 324 g/mol. The number of anilines is 1. The summed E-state index contributed by atoms with van der Waals surface area (Å²) in [5.74, 6) is 1.76. The third-order valence-electron chi connectivity index (χ3n) is 5.91. The summed E-state index contributed by atoms with van der Waals surface area (Å²) in [6, 6.07) is 16.5. The molecular formula is C22H26N2O2. The molecule has 0 spiro atoms. The van der Waals surface area contributed by atoms with Crippen molar-refractivity contribution < 1.29 is 9.47 Å². The lowest BCUT2D eigenvalue weighted by molar-refractivity contribution is 0.171. The van der Waals surface area contributed by atoms with E-state index in [1.54, 1.807) is 0 Å². The van der Waals surface area contributed by atoms with Gasteiger partial charge in [0, 0.05) is 36.9 Å². The molecule has 4 nitrogen and oxygen atoms in total. The van der Waals surface area contributed by atoms with Gasteiger partial charge in [0.1, 0.15) is 13.2 Å². The Morgan fingerprint density at radius 1 is 0.808 bits per heavy atom. The van der Waals surface area contributed by atoms with Crippen LogP contribution in [-0.4, -0.2) is 38.4 Å². The van der Waals surface area contributed by atoms with Crippen LogP contribution in [0.3, 0.4) is 0 Å². The van der Waals surface area contributed by atoms with E-state index in [1.807, 2.05) is 6.07 Å². The topological polar surface area (TPSA) is 33.7 Å². The summed E-state index contributed by atoms with van der Waals surface area (Å²) in [5.41, 5.74) is 4.30. The number of rotatable bonds is 3. The van der Waals surface area contributed by atoms with Crippen molar-refractivity contribution in [3.8, 4) is 11.5 Å². The number of hydrogen-bond donors (Lipinski definition) is 1. The van der Waals surface area contributed by atoms with Crippen molar-refractivity contribution in [2.75, 3.05) is 31.2 Å². The van der Waals surface area contributed by atoms with Crippen molar-refractivity contribution in [1.29, 1.82) is 0 Å². The molecule has 1 saturated heterocycles. The molecule has 5 rings (SSSR count). The summed E-state index contributed by atoms with van der Waals surface area (Å²) < 4.78 is 11.4. The van der Waals surface area contributed by atoms with Crippen molar-refractivity contribution in [3.05, 3.63) is 53.6 Å². The summed E-state index contributed by atoms with van der Waals surface area (Å²) in [5, 5.41) is 3.92. The Bertz CT molecular complexity index is 758. The van der Waals surface area contributed by atoms with E-state index in [9.17, 15) is 0 Å². The van der Waals surface area contributed by atoms with Crippen LogP contribution in [0.1, 0.15) is 24.0 Å². The van der Waals surface area contributed by atoms with Crippen LogP contribution in [0.15, 0.2) is 42.5 Å². The normalized spacial score (nSPS) is 20.2. The Kier molecular flexibility index (Phi) is 4.21. The number of ether oxygens (including phenoxy) is 2. The molecule has 0 bridgehead atoms. The third kappa shape index (κ3) is 3.14. The average molecular weight is 350 g/mol. The van der Waals surface area contributed by atoms with E-state index >= 15 is 0 Å². The molecule has 2 aromatic rings. The Hall–Kier alpha value is -2.20. The average Bonchev–Trinajstić information content (AvgIpc) is 3.10. The molecule has 0 amide bonds. The molecule has 2 heterocycles. The Labute approximate surface area is 155 Å². The fourth-order valence-corrected chi connectivity index (χ4v) is 4.54. The van der Waals surface area contributed by atoms with E-state index in [1.165, 1.54) is 42.5 Å². The van der Waals surface area contributed by atoms with Crippen molar-refractivity contribution in [3.63, 3.8) is 0 Å². The van der Waals surface area contributed by atoms with E-state index in [2.05, 4.69) is 46.6 Å². The SMILES string of the molecule is c1ccc2c(c1)CC(NC1CCN(c3ccc4c(c3)OCCO4)CC1)C2. The fraction of sp³-hybridized carbons (Fsp3) is 0.455. The van der Waals surface area contributed by atoms with Gasteiger partial charge in [0.2, 0.25) is 0 Å². The lowest BCUT2D eigenvalue weighted by atomic mass is 10.0. The maximum Gasteiger partial charge on any atom is 0.163 e. The van der Waals surface area contributed by atoms with Gasteiger partial charge in [-0.25, -0.2) is 0 Å². The molecule has 1 fully saturated rings. The molecule has 0 saturated carbocycles. The second-order valence-electron chi connectivity index (χ2n) is 7.63. The van der Waals surface area contributed by atoms with Crippen LogP contribution in [0.2, 0.25) is 0 Å². The highest BCUT2D eigenvalue weighted by Gasteiger charge is 2.26. The van der Waals surface area contributed by atoms with Gasteiger partial charge in [0.15, 0.2) is 11.5 Å².